The van der Waals surface area contributed by atoms with Crippen LogP contribution in [0, 0.1) is 13.8 Å². The Morgan fingerprint density at radius 2 is 1.84 bits per heavy atom. The molecule has 32 heavy (non-hydrogen) atoms. The van der Waals surface area contributed by atoms with Gasteiger partial charge in [-0.05, 0) is 61.4 Å². The number of Topliss-reactive ketones (excluding diaryl/α,β-unsaturated/α-hetero) is 1. The number of aliphatic hydroxyl groups excluding tert-OH is 1. The van der Waals surface area contributed by atoms with Crippen molar-refractivity contribution in [1.29, 1.82) is 0 Å². The molecule has 0 saturated carbocycles. The maximum atomic E-state index is 13.2. The van der Waals surface area contributed by atoms with Gasteiger partial charge in [0.05, 0.1) is 29.5 Å². The lowest BCUT2D eigenvalue weighted by Crippen LogP contribution is -2.29. The van der Waals surface area contributed by atoms with Crippen molar-refractivity contribution in [2.75, 3.05) is 12.0 Å². The highest BCUT2D eigenvalue weighted by Gasteiger charge is 2.48. The number of furan rings is 1. The first-order valence-corrected chi connectivity index (χ1v) is 10.4. The van der Waals surface area contributed by atoms with Crippen molar-refractivity contribution in [1.82, 2.24) is 0 Å². The number of ether oxygens (including phenoxy) is 1. The minimum atomic E-state index is -0.991. The van der Waals surface area contributed by atoms with Gasteiger partial charge in [-0.3, -0.25) is 14.5 Å². The third-order valence-corrected chi connectivity index (χ3v) is 5.99. The number of hydrogen-bond acceptors (Lipinski definition) is 5. The molecule has 1 saturated heterocycles. The molecule has 0 aliphatic carbocycles. The first kappa shape index (κ1) is 22.0. The Morgan fingerprint density at radius 1 is 1.09 bits per heavy atom. The van der Waals surface area contributed by atoms with Gasteiger partial charge in [0.15, 0.2) is 0 Å². The van der Waals surface area contributed by atoms with Gasteiger partial charge in [-0.1, -0.05) is 29.3 Å². The second kappa shape index (κ2) is 8.37. The van der Waals surface area contributed by atoms with Crippen LogP contribution in [0.5, 0.6) is 5.75 Å². The van der Waals surface area contributed by atoms with Gasteiger partial charge in [-0.15, -0.1) is 0 Å². The van der Waals surface area contributed by atoms with Crippen LogP contribution < -0.4 is 9.64 Å². The summed E-state index contributed by atoms with van der Waals surface area (Å²) in [4.78, 5) is 27.6. The number of benzene rings is 2. The van der Waals surface area contributed by atoms with Crippen LogP contribution in [-0.4, -0.2) is 23.9 Å². The average molecular weight is 472 g/mol. The standard InChI is InChI=1S/C24H19Cl2NO5/c1-12-6-7-15(9-13(12)2)27-20(18-5-4-8-32-18)19(22(29)24(27)30)21(28)16-10-14(25)11-17(26)23(16)31-3/h4-11,20,28H,1-3H3/b21-19-. The van der Waals surface area contributed by atoms with E-state index in [-0.39, 0.29) is 26.9 Å². The highest BCUT2D eigenvalue weighted by molar-refractivity contribution is 6.51. The fourth-order valence-corrected chi connectivity index (χ4v) is 4.35. The van der Waals surface area contributed by atoms with E-state index in [0.29, 0.717) is 11.4 Å². The molecule has 1 fully saturated rings. The van der Waals surface area contributed by atoms with Gasteiger partial charge < -0.3 is 14.3 Å². The topological polar surface area (TPSA) is 80.0 Å². The molecule has 1 aliphatic rings. The molecule has 0 spiro atoms. The molecule has 1 aliphatic heterocycles. The Kier molecular flexibility index (Phi) is 5.75. The Bertz CT molecular complexity index is 1260. The fraction of sp³-hybridized carbons (Fsp3) is 0.167. The first-order chi connectivity index (χ1) is 15.2. The van der Waals surface area contributed by atoms with Crippen molar-refractivity contribution in [2.45, 2.75) is 19.9 Å². The molecule has 2 heterocycles. The normalized spacial score (nSPS) is 17.8. The summed E-state index contributed by atoms with van der Waals surface area (Å²) in [5.41, 5.74) is 2.44. The van der Waals surface area contributed by atoms with Crippen LogP contribution in [-0.2, 0) is 9.59 Å². The number of carbonyl (C=O) groups excluding carboxylic acids is 2. The van der Waals surface area contributed by atoms with Gasteiger partial charge in [-0.25, -0.2) is 0 Å². The zero-order valence-corrected chi connectivity index (χ0v) is 19.0. The smallest absolute Gasteiger partial charge is 0.300 e. The molecule has 4 rings (SSSR count). The van der Waals surface area contributed by atoms with E-state index in [0.717, 1.165) is 11.1 Å². The van der Waals surface area contributed by atoms with E-state index in [9.17, 15) is 14.7 Å². The molecule has 164 valence electrons. The van der Waals surface area contributed by atoms with Crippen LogP contribution >= 0.6 is 23.2 Å². The number of aryl methyl sites for hydroxylation is 2. The van der Waals surface area contributed by atoms with E-state index >= 15 is 0 Å². The molecule has 1 aromatic heterocycles. The largest absolute Gasteiger partial charge is 0.507 e. The van der Waals surface area contributed by atoms with Crippen LogP contribution in [0.3, 0.4) is 0 Å². The highest BCUT2D eigenvalue weighted by atomic mass is 35.5. The Morgan fingerprint density at radius 3 is 2.47 bits per heavy atom. The molecule has 0 bridgehead atoms. The van der Waals surface area contributed by atoms with Crippen LogP contribution in [0.2, 0.25) is 10.0 Å². The summed E-state index contributed by atoms with van der Waals surface area (Å²) >= 11 is 12.4. The SMILES string of the molecule is COc1c(Cl)cc(Cl)cc1/C(O)=C1/C(=O)C(=O)N(c2ccc(C)c(C)c2)C1c1ccco1. The Labute approximate surface area is 194 Å². The zero-order chi connectivity index (χ0) is 23.2. The number of nitrogens with zero attached hydrogens (tertiary/aromatic N) is 1. The second-order valence-corrected chi connectivity index (χ2v) is 8.27. The lowest BCUT2D eigenvalue weighted by molar-refractivity contribution is -0.132. The van der Waals surface area contributed by atoms with E-state index in [1.807, 2.05) is 26.0 Å². The van der Waals surface area contributed by atoms with Crippen LogP contribution in [0.1, 0.15) is 28.5 Å². The number of ketones is 1. The quantitative estimate of drug-likeness (QED) is 0.293. The third kappa shape index (κ3) is 3.55. The number of aliphatic hydroxyl groups is 1. The molecule has 1 N–H and O–H groups in total. The molecule has 1 atom stereocenters. The number of carbonyl (C=O) groups is 2. The molecule has 3 aromatic rings. The summed E-state index contributed by atoms with van der Waals surface area (Å²) in [6.45, 7) is 3.86. The number of halogens is 2. The van der Waals surface area contributed by atoms with E-state index in [1.54, 1.807) is 18.2 Å². The molecule has 0 radical (unpaired) electrons. The zero-order valence-electron chi connectivity index (χ0n) is 17.5. The summed E-state index contributed by atoms with van der Waals surface area (Å²) in [5, 5.41) is 11.6. The van der Waals surface area contributed by atoms with Gasteiger partial charge >= 0.3 is 0 Å². The second-order valence-electron chi connectivity index (χ2n) is 7.42. The van der Waals surface area contributed by atoms with Crippen molar-refractivity contribution in [3.8, 4) is 5.75 Å². The number of rotatable bonds is 4. The Balaban J connectivity index is 1.99. The summed E-state index contributed by atoms with van der Waals surface area (Å²) in [6, 6.07) is 10.6. The summed E-state index contributed by atoms with van der Waals surface area (Å²) in [5.74, 6) is -1.67. The molecule has 6 nitrogen and oxygen atoms in total. The first-order valence-electron chi connectivity index (χ1n) is 9.69. The minimum Gasteiger partial charge on any atom is -0.507 e. The van der Waals surface area contributed by atoms with Crippen molar-refractivity contribution >= 4 is 46.3 Å². The van der Waals surface area contributed by atoms with Crippen molar-refractivity contribution in [2.24, 2.45) is 0 Å². The predicted molar refractivity (Wildman–Crippen MR) is 122 cm³/mol. The van der Waals surface area contributed by atoms with E-state index < -0.39 is 23.5 Å². The minimum absolute atomic E-state index is 0.0969. The molecule has 2 aromatic carbocycles. The molecule has 1 amide bonds. The lowest BCUT2D eigenvalue weighted by Gasteiger charge is -2.24. The predicted octanol–water partition coefficient (Wildman–Crippen LogP) is 5.84. The fourth-order valence-electron chi connectivity index (χ4n) is 3.78. The van der Waals surface area contributed by atoms with Crippen LogP contribution in [0.25, 0.3) is 5.76 Å². The number of anilines is 1. The van der Waals surface area contributed by atoms with Gasteiger partial charge in [0, 0.05) is 10.7 Å². The van der Waals surface area contributed by atoms with Crippen LogP contribution in [0.15, 0.2) is 58.7 Å². The number of hydrogen-bond donors (Lipinski definition) is 1. The van der Waals surface area contributed by atoms with Gasteiger partial charge in [0.2, 0.25) is 0 Å². The average Bonchev–Trinajstić information content (AvgIpc) is 3.36. The van der Waals surface area contributed by atoms with Crippen LogP contribution in [0.4, 0.5) is 5.69 Å². The summed E-state index contributed by atoms with van der Waals surface area (Å²) in [6.07, 6.45) is 1.44. The third-order valence-electron chi connectivity index (χ3n) is 5.49. The molecule has 8 heteroatoms. The van der Waals surface area contributed by atoms with Gasteiger partial charge in [0.1, 0.15) is 23.3 Å². The lowest BCUT2D eigenvalue weighted by atomic mass is 9.98. The monoisotopic (exact) mass is 471 g/mol. The summed E-state index contributed by atoms with van der Waals surface area (Å²) < 4.78 is 10.9. The maximum Gasteiger partial charge on any atom is 0.300 e. The van der Waals surface area contributed by atoms with Crippen molar-refractivity contribution in [3.05, 3.63) is 86.8 Å². The van der Waals surface area contributed by atoms with E-state index in [1.165, 1.54) is 30.4 Å². The maximum absolute atomic E-state index is 13.2. The van der Waals surface area contributed by atoms with Crippen molar-refractivity contribution < 1.29 is 23.8 Å². The van der Waals surface area contributed by atoms with Crippen molar-refractivity contribution in [3.63, 3.8) is 0 Å². The number of amides is 1. The molecular formula is C24H19Cl2NO5. The molecule has 1 unspecified atom stereocenters. The van der Waals surface area contributed by atoms with E-state index in [4.69, 9.17) is 32.4 Å². The van der Waals surface area contributed by atoms with Gasteiger partial charge in [-0.2, -0.15) is 0 Å². The number of methoxy groups -OCH3 is 1. The van der Waals surface area contributed by atoms with E-state index in [2.05, 4.69) is 0 Å². The van der Waals surface area contributed by atoms with Gasteiger partial charge in [0.25, 0.3) is 11.7 Å². The molecular weight excluding hydrogens is 453 g/mol. The summed E-state index contributed by atoms with van der Waals surface area (Å²) in [7, 11) is 1.38. The highest BCUT2D eigenvalue weighted by Crippen LogP contribution is 2.45. The Hall–Kier alpha value is -3.22.